The molecule has 0 saturated heterocycles. The Morgan fingerprint density at radius 1 is 0.944 bits per heavy atom. The van der Waals surface area contributed by atoms with Crippen LogP contribution in [0.2, 0.25) is 0 Å². The normalized spacial score (nSPS) is 11.6. The van der Waals surface area contributed by atoms with Gasteiger partial charge >= 0.3 is 0 Å². The first-order chi connectivity index (χ1) is 8.81. The molecular weight excluding hydrogens is 227 g/mol. The van der Waals surface area contributed by atoms with Crippen molar-refractivity contribution in [2.45, 2.75) is 0 Å². The number of nitrogens with one attached hydrogen (secondary N) is 1. The second kappa shape index (κ2) is 3.29. The molecule has 0 bridgehead atoms. The van der Waals surface area contributed by atoms with Gasteiger partial charge in [0.2, 0.25) is 0 Å². The van der Waals surface area contributed by atoms with Gasteiger partial charge in [-0.2, -0.15) is 0 Å². The Labute approximate surface area is 102 Å². The molecule has 0 fully saturated rings. The number of pyridine rings is 1. The zero-order chi connectivity index (χ0) is 12.1. The predicted octanol–water partition coefficient (Wildman–Crippen LogP) is 4.01. The van der Waals surface area contributed by atoms with E-state index in [0.29, 0.717) is 5.52 Å². The molecule has 2 aromatic carbocycles. The highest BCUT2D eigenvalue weighted by molar-refractivity contribution is 6.09. The van der Waals surface area contributed by atoms with E-state index >= 15 is 0 Å². The van der Waals surface area contributed by atoms with Crippen LogP contribution in [-0.4, -0.2) is 9.97 Å². The highest BCUT2D eigenvalue weighted by Gasteiger charge is 2.06. The lowest BCUT2D eigenvalue weighted by Crippen LogP contribution is -1.82. The fourth-order valence-corrected chi connectivity index (χ4v) is 2.40. The fourth-order valence-electron chi connectivity index (χ4n) is 2.40. The molecule has 1 N–H and O–H groups in total. The van der Waals surface area contributed by atoms with Crippen LogP contribution in [0.1, 0.15) is 0 Å². The van der Waals surface area contributed by atoms with Gasteiger partial charge in [-0.05, 0) is 24.3 Å². The molecule has 2 aromatic heterocycles. The third-order valence-electron chi connectivity index (χ3n) is 3.25. The first kappa shape index (κ1) is 9.59. The van der Waals surface area contributed by atoms with Gasteiger partial charge in [0, 0.05) is 27.7 Å². The summed E-state index contributed by atoms with van der Waals surface area (Å²) < 4.78 is 13.2. The third-order valence-corrected chi connectivity index (χ3v) is 3.25. The minimum absolute atomic E-state index is 0.259. The quantitative estimate of drug-likeness (QED) is 0.491. The van der Waals surface area contributed by atoms with Crippen molar-refractivity contribution in [3.05, 3.63) is 54.3 Å². The van der Waals surface area contributed by atoms with E-state index in [1.165, 1.54) is 12.1 Å². The molecule has 0 amide bonds. The molecule has 0 spiro atoms. The number of fused-ring (bicyclic) bond motifs is 4. The maximum absolute atomic E-state index is 13.2. The van der Waals surface area contributed by atoms with Crippen molar-refractivity contribution in [2.24, 2.45) is 0 Å². The lowest BCUT2D eigenvalue weighted by atomic mass is 10.1. The highest BCUT2D eigenvalue weighted by atomic mass is 19.1. The Morgan fingerprint density at radius 3 is 2.78 bits per heavy atom. The minimum Gasteiger partial charge on any atom is -0.339 e. The molecule has 3 heteroatoms. The molecule has 0 atom stereocenters. The molecular formula is C15H9FN2. The number of aromatic nitrogens is 2. The van der Waals surface area contributed by atoms with Crippen LogP contribution >= 0.6 is 0 Å². The Kier molecular flexibility index (Phi) is 1.75. The monoisotopic (exact) mass is 236 g/mol. The Bertz CT molecular complexity index is 893. The van der Waals surface area contributed by atoms with Gasteiger partial charge in [-0.25, -0.2) is 9.37 Å². The van der Waals surface area contributed by atoms with Crippen LogP contribution in [0.15, 0.2) is 48.5 Å². The first-order valence-electron chi connectivity index (χ1n) is 5.78. The van der Waals surface area contributed by atoms with Crippen LogP contribution in [0.25, 0.3) is 32.8 Å². The van der Waals surface area contributed by atoms with Gasteiger partial charge in [-0.3, -0.25) is 0 Å². The molecule has 0 aliphatic heterocycles. The van der Waals surface area contributed by atoms with E-state index in [4.69, 9.17) is 0 Å². The van der Waals surface area contributed by atoms with Gasteiger partial charge in [-0.1, -0.05) is 18.2 Å². The van der Waals surface area contributed by atoms with Crippen LogP contribution < -0.4 is 0 Å². The van der Waals surface area contributed by atoms with Crippen molar-refractivity contribution >= 4 is 32.8 Å². The number of aromatic amines is 1. The van der Waals surface area contributed by atoms with Crippen LogP contribution in [-0.2, 0) is 0 Å². The predicted molar refractivity (Wildman–Crippen MR) is 71.1 cm³/mol. The van der Waals surface area contributed by atoms with Crippen molar-refractivity contribution < 1.29 is 4.39 Å². The summed E-state index contributed by atoms with van der Waals surface area (Å²) in [7, 11) is 0. The molecule has 0 aliphatic carbocycles. The van der Waals surface area contributed by atoms with Gasteiger partial charge in [0.25, 0.3) is 0 Å². The summed E-state index contributed by atoms with van der Waals surface area (Å²) in [5.41, 5.74) is 2.53. The van der Waals surface area contributed by atoms with Gasteiger partial charge in [0.1, 0.15) is 11.5 Å². The van der Waals surface area contributed by atoms with Crippen LogP contribution in [0.5, 0.6) is 0 Å². The maximum Gasteiger partial charge on any atom is 0.139 e. The van der Waals surface area contributed by atoms with E-state index in [2.05, 4.69) is 22.1 Å². The number of hydrogen-bond acceptors (Lipinski definition) is 1. The van der Waals surface area contributed by atoms with E-state index in [-0.39, 0.29) is 5.82 Å². The molecule has 0 radical (unpaired) electrons. The summed E-state index contributed by atoms with van der Waals surface area (Å²) >= 11 is 0. The average Bonchev–Trinajstić information content (AvgIpc) is 2.73. The van der Waals surface area contributed by atoms with Crippen LogP contribution in [0, 0.1) is 5.82 Å². The molecule has 2 nitrogen and oxygen atoms in total. The molecule has 2 heterocycles. The molecule has 0 unspecified atom stereocenters. The fraction of sp³-hybridized carbons (Fsp3) is 0. The van der Waals surface area contributed by atoms with E-state index in [0.717, 1.165) is 27.3 Å². The largest absolute Gasteiger partial charge is 0.339 e. The van der Waals surface area contributed by atoms with E-state index < -0.39 is 0 Å². The summed E-state index contributed by atoms with van der Waals surface area (Å²) in [6.07, 6.45) is 0. The Hall–Kier alpha value is -2.42. The minimum atomic E-state index is -0.259. The second-order valence-corrected chi connectivity index (χ2v) is 4.39. The number of H-pyrrole nitrogens is 1. The number of halogens is 1. The number of hydrogen-bond donors (Lipinski definition) is 1. The molecule has 18 heavy (non-hydrogen) atoms. The molecule has 86 valence electrons. The van der Waals surface area contributed by atoms with Crippen molar-refractivity contribution in [1.29, 1.82) is 0 Å². The van der Waals surface area contributed by atoms with Gasteiger partial charge in [0.05, 0.1) is 5.52 Å². The smallest absolute Gasteiger partial charge is 0.139 e. The van der Waals surface area contributed by atoms with E-state index in [9.17, 15) is 4.39 Å². The highest BCUT2D eigenvalue weighted by Crippen LogP contribution is 2.27. The number of benzene rings is 2. The van der Waals surface area contributed by atoms with Gasteiger partial charge < -0.3 is 4.98 Å². The zero-order valence-corrected chi connectivity index (χ0v) is 9.44. The van der Waals surface area contributed by atoms with Crippen molar-refractivity contribution in [3.8, 4) is 0 Å². The Balaban J connectivity index is 2.23. The van der Waals surface area contributed by atoms with Crippen molar-refractivity contribution in [3.63, 3.8) is 0 Å². The summed E-state index contributed by atoms with van der Waals surface area (Å²) in [6.45, 7) is 0. The Morgan fingerprint density at radius 2 is 1.83 bits per heavy atom. The lowest BCUT2D eigenvalue weighted by molar-refractivity contribution is 0.629. The van der Waals surface area contributed by atoms with Crippen LogP contribution in [0.3, 0.4) is 0 Å². The molecule has 4 aromatic rings. The molecule has 0 aliphatic rings. The second-order valence-electron chi connectivity index (χ2n) is 4.39. The zero-order valence-electron chi connectivity index (χ0n) is 9.44. The first-order valence-corrected chi connectivity index (χ1v) is 5.78. The number of rotatable bonds is 0. The standard InChI is InChI=1S/C15H9FN2/c16-10-6-5-9-7-12-11-3-1-2-4-13(11)17-15(12)18-14(9)8-10/h1-8H,(H,17,18). The molecule has 4 rings (SSSR count). The van der Waals surface area contributed by atoms with Crippen molar-refractivity contribution in [2.75, 3.05) is 0 Å². The third kappa shape index (κ3) is 1.24. The number of para-hydroxylation sites is 1. The van der Waals surface area contributed by atoms with Crippen molar-refractivity contribution in [1.82, 2.24) is 9.97 Å². The number of nitrogens with zero attached hydrogens (tertiary/aromatic N) is 1. The summed E-state index contributed by atoms with van der Waals surface area (Å²) in [4.78, 5) is 7.74. The van der Waals surface area contributed by atoms with Crippen LogP contribution in [0.4, 0.5) is 4.39 Å². The maximum atomic E-state index is 13.2. The lowest BCUT2D eigenvalue weighted by Gasteiger charge is -1.98. The average molecular weight is 236 g/mol. The van der Waals surface area contributed by atoms with E-state index in [1.807, 2.05) is 18.2 Å². The SMILES string of the molecule is Fc1ccc2cc3c(nc2c1)[nH]c1ccccc13. The summed E-state index contributed by atoms with van der Waals surface area (Å²) in [5, 5.41) is 3.17. The molecule has 0 saturated carbocycles. The summed E-state index contributed by atoms with van der Waals surface area (Å²) in [6, 6.07) is 14.8. The van der Waals surface area contributed by atoms with Gasteiger partial charge in [0.15, 0.2) is 0 Å². The topological polar surface area (TPSA) is 28.7 Å². The van der Waals surface area contributed by atoms with E-state index in [1.54, 1.807) is 6.07 Å². The summed E-state index contributed by atoms with van der Waals surface area (Å²) in [5.74, 6) is -0.259. The van der Waals surface area contributed by atoms with Gasteiger partial charge in [-0.15, -0.1) is 0 Å².